The van der Waals surface area contributed by atoms with Crippen LogP contribution in [0.25, 0.3) is 10.8 Å². The highest BCUT2D eigenvalue weighted by Gasteiger charge is 2.42. The third kappa shape index (κ3) is 2.80. The molecule has 1 saturated heterocycles. The molecule has 2 unspecified atom stereocenters. The number of hydrogen-bond donors (Lipinski definition) is 0. The molecule has 3 aromatic carbocycles. The first-order valence-electron chi connectivity index (χ1n) is 9.88. The molecule has 0 N–H and O–H groups in total. The summed E-state index contributed by atoms with van der Waals surface area (Å²) in [6, 6.07) is 18.0. The molecule has 0 aromatic heterocycles. The minimum Gasteiger partial charge on any atom is -0.338 e. The molecule has 4 nitrogen and oxygen atoms in total. The molecule has 5 rings (SSSR count). The Hall–Kier alpha value is -3.21. The number of benzene rings is 3. The molecule has 3 aromatic rings. The summed E-state index contributed by atoms with van der Waals surface area (Å²) in [5.74, 6) is 0.0212. The normalized spacial score (nSPS) is 20.5. The first-order valence-corrected chi connectivity index (χ1v) is 9.88. The summed E-state index contributed by atoms with van der Waals surface area (Å²) in [5, 5.41) is 1.10. The van der Waals surface area contributed by atoms with Gasteiger partial charge in [-0.15, -0.1) is 0 Å². The van der Waals surface area contributed by atoms with Crippen LogP contribution in [0.5, 0.6) is 0 Å². The van der Waals surface area contributed by atoms with Gasteiger partial charge in [0.1, 0.15) is 5.82 Å². The number of likely N-dealkylation sites (tertiary alicyclic amines) is 1. The first-order chi connectivity index (χ1) is 14.0. The van der Waals surface area contributed by atoms with Crippen molar-refractivity contribution in [3.05, 3.63) is 77.6 Å². The van der Waals surface area contributed by atoms with Gasteiger partial charge in [0.25, 0.3) is 5.91 Å². The number of rotatable bonds is 1. The average Bonchev–Trinajstić information content (AvgIpc) is 3.18. The summed E-state index contributed by atoms with van der Waals surface area (Å²) in [4.78, 5) is 29.2. The number of anilines is 1. The van der Waals surface area contributed by atoms with E-state index in [4.69, 9.17) is 0 Å². The molecular formula is C24H21FN2O2. The van der Waals surface area contributed by atoms with Crippen LogP contribution in [0.15, 0.2) is 60.7 Å². The van der Waals surface area contributed by atoms with E-state index in [1.807, 2.05) is 34.1 Å². The Labute approximate surface area is 168 Å². The van der Waals surface area contributed by atoms with Gasteiger partial charge in [-0.3, -0.25) is 9.59 Å². The predicted molar refractivity (Wildman–Crippen MR) is 111 cm³/mol. The molecular weight excluding hydrogens is 367 g/mol. The smallest absolute Gasteiger partial charge is 0.254 e. The zero-order chi connectivity index (χ0) is 20.1. The largest absolute Gasteiger partial charge is 0.338 e. The van der Waals surface area contributed by atoms with Crippen LogP contribution in [0, 0.1) is 11.7 Å². The Balaban J connectivity index is 1.50. The fraction of sp³-hybridized carbons (Fsp3) is 0.250. The van der Waals surface area contributed by atoms with Crippen molar-refractivity contribution in [2.75, 3.05) is 24.5 Å². The second-order valence-electron chi connectivity index (χ2n) is 7.91. The molecule has 0 spiro atoms. The van der Waals surface area contributed by atoms with Crippen molar-refractivity contribution >= 4 is 28.3 Å². The highest BCUT2D eigenvalue weighted by Crippen LogP contribution is 2.43. The van der Waals surface area contributed by atoms with E-state index in [0.717, 1.165) is 11.3 Å². The Morgan fingerprint density at radius 2 is 1.62 bits per heavy atom. The van der Waals surface area contributed by atoms with Crippen molar-refractivity contribution in [2.45, 2.75) is 12.8 Å². The molecule has 29 heavy (non-hydrogen) atoms. The minimum absolute atomic E-state index is 0.0187. The highest BCUT2D eigenvalue weighted by atomic mass is 19.1. The van der Waals surface area contributed by atoms with Gasteiger partial charge in [0.15, 0.2) is 0 Å². The summed E-state index contributed by atoms with van der Waals surface area (Å²) in [7, 11) is 0. The Bertz CT molecular complexity index is 1140. The average molecular weight is 388 g/mol. The molecule has 0 aliphatic carbocycles. The van der Waals surface area contributed by atoms with E-state index in [1.165, 1.54) is 6.07 Å². The predicted octanol–water partition coefficient (Wildman–Crippen LogP) is 4.20. The second-order valence-corrected chi connectivity index (χ2v) is 7.91. The molecule has 5 heteroatoms. The SMILES string of the molecule is CC(=O)N1CC2CN(C(=O)c3ccc(F)c4ccccc34)CC2c2ccccc21. The zero-order valence-corrected chi connectivity index (χ0v) is 16.1. The Morgan fingerprint density at radius 1 is 0.897 bits per heavy atom. The Kier molecular flexibility index (Phi) is 4.12. The van der Waals surface area contributed by atoms with Gasteiger partial charge in [-0.25, -0.2) is 4.39 Å². The number of nitrogens with zero attached hydrogens (tertiary/aromatic N) is 2. The van der Waals surface area contributed by atoms with Gasteiger partial charge in [0.05, 0.1) is 0 Å². The standard InChI is InChI=1S/C24H21FN2O2/c1-15(28)27-13-16-12-26(14-21(16)19-8-4-5-9-23(19)27)24(29)20-10-11-22(25)18-7-3-2-6-17(18)20/h2-11,16,21H,12-14H2,1H3. The summed E-state index contributed by atoms with van der Waals surface area (Å²) < 4.78 is 14.2. The van der Waals surface area contributed by atoms with E-state index in [2.05, 4.69) is 6.07 Å². The van der Waals surface area contributed by atoms with Gasteiger partial charge >= 0.3 is 0 Å². The summed E-state index contributed by atoms with van der Waals surface area (Å²) >= 11 is 0. The van der Waals surface area contributed by atoms with Crippen LogP contribution in [-0.2, 0) is 4.79 Å². The van der Waals surface area contributed by atoms with E-state index >= 15 is 0 Å². The molecule has 2 amide bonds. The van der Waals surface area contributed by atoms with Crippen LogP contribution in [0.3, 0.4) is 0 Å². The number of carbonyl (C=O) groups excluding carboxylic acids is 2. The molecule has 2 heterocycles. The second kappa shape index (κ2) is 6.69. The van der Waals surface area contributed by atoms with Gasteiger partial charge in [0, 0.05) is 55.0 Å². The third-order valence-corrected chi connectivity index (χ3v) is 6.25. The lowest BCUT2D eigenvalue weighted by Crippen LogP contribution is -2.40. The van der Waals surface area contributed by atoms with Gasteiger partial charge in [-0.2, -0.15) is 0 Å². The summed E-state index contributed by atoms with van der Waals surface area (Å²) in [6.45, 7) is 3.40. The number of halogens is 1. The van der Waals surface area contributed by atoms with Gasteiger partial charge in [0.2, 0.25) is 5.91 Å². The fourth-order valence-corrected chi connectivity index (χ4v) is 4.87. The maximum absolute atomic E-state index is 14.2. The number of amides is 2. The maximum atomic E-state index is 14.2. The molecule has 0 saturated carbocycles. The van der Waals surface area contributed by atoms with Crippen LogP contribution in [0.4, 0.5) is 10.1 Å². The van der Waals surface area contributed by atoms with Gasteiger partial charge in [-0.05, 0) is 29.1 Å². The summed E-state index contributed by atoms with van der Waals surface area (Å²) in [5.41, 5.74) is 2.60. The van der Waals surface area contributed by atoms with Crippen molar-refractivity contribution in [3.8, 4) is 0 Å². The first kappa shape index (κ1) is 17.9. The molecule has 0 radical (unpaired) electrons. The number of para-hydroxylation sites is 1. The van der Waals surface area contributed by atoms with E-state index in [9.17, 15) is 14.0 Å². The van der Waals surface area contributed by atoms with Crippen LogP contribution in [0.1, 0.15) is 28.8 Å². The van der Waals surface area contributed by atoms with E-state index < -0.39 is 0 Å². The van der Waals surface area contributed by atoms with E-state index in [-0.39, 0.29) is 29.5 Å². The number of fused-ring (bicyclic) bond motifs is 4. The molecule has 1 fully saturated rings. The lowest BCUT2D eigenvalue weighted by Gasteiger charge is -2.35. The fourth-order valence-electron chi connectivity index (χ4n) is 4.87. The van der Waals surface area contributed by atoms with Gasteiger partial charge in [-0.1, -0.05) is 42.5 Å². The Morgan fingerprint density at radius 3 is 2.41 bits per heavy atom. The topological polar surface area (TPSA) is 40.6 Å². The minimum atomic E-state index is -0.321. The van der Waals surface area contributed by atoms with Crippen LogP contribution in [-0.4, -0.2) is 36.3 Å². The number of hydrogen-bond acceptors (Lipinski definition) is 2. The van der Waals surface area contributed by atoms with Crippen LogP contribution >= 0.6 is 0 Å². The molecule has 2 atom stereocenters. The van der Waals surface area contributed by atoms with E-state index in [0.29, 0.717) is 36.0 Å². The van der Waals surface area contributed by atoms with Gasteiger partial charge < -0.3 is 9.80 Å². The summed E-state index contributed by atoms with van der Waals surface area (Å²) in [6.07, 6.45) is 0. The van der Waals surface area contributed by atoms with Crippen molar-refractivity contribution in [3.63, 3.8) is 0 Å². The van der Waals surface area contributed by atoms with Crippen molar-refractivity contribution in [1.82, 2.24) is 4.90 Å². The molecule has 2 aliphatic rings. The van der Waals surface area contributed by atoms with Crippen molar-refractivity contribution < 1.29 is 14.0 Å². The van der Waals surface area contributed by atoms with Crippen LogP contribution < -0.4 is 4.90 Å². The third-order valence-electron chi connectivity index (χ3n) is 6.25. The lowest BCUT2D eigenvalue weighted by atomic mass is 9.84. The quantitative estimate of drug-likeness (QED) is 0.627. The molecule has 146 valence electrons. The number of carbonyl (C=O) groups is 2. The molecule has 0 bridgehead atoms. The van der Waals surface area contributed by atoms with Crippen molar-refractivity contribution in [1.29, 1.82) is 0 Å². The lowest BCUT2D eigenvalue weighted by molar-refractivity contribution is -0.116. The monoisotopic (exact) mass is 388 g/mol. The van der Waals surface area contributed by atoms with E-state index in [1.54, 1.807) is 31.2 Å². The zero-order valence-electron chi connectivity index (χ0n) is 16.1. The molecule has 2 aliphatic heterocycles. The maximum Gasteiger partial charge on any atom is 0.254 e. The van der Waals surface area contributed by atoms with Crippen LogP contribution in [0.2, 0.25) is 0 Å². The highest BCUT2D eigenvalue weighted by molar-refractivity contribution is 6.07. The van der Waals surface area contributed by atoms with Crippen molar-refractivity contribution in [2.24, 2.45) is 5.92 Å².